The second-order valence-electron chi connectivity index (χ2n) is 7.37. The second-order valence-corrected chi connectivity index (χ2v) is 7.37. The first-order valence-electron chi connectivity index (χ1n) is 8.80. The van der Waals surface area contributed by atoms with Crippen molar-refractivity contribution in [2.75, 3.05) is 25.5 Å². The second kappa shape index (κ2) is 6.46. The van der Waals surface area contributed by atoms with E-state index in [2.05, 4.69) is 10.6 Å². The molecule has 3 rings (SSSR count). The van der Waals surface area contributed by atoms with Crippen LogP contribution in [-0.2, 0) is 4.79 Å². The molecule has 0 aromatic heterocycles. The van der Waals surface area contributed by atoms with Gasteiger partial charge in [0, 0.05) is 31.2 Å². The van der Waals surface area contributed by atoms with Crippen LogP contribution in [0, 0.1) is 25.2 Å². The molecule has 2 fully saturated rings. The van der Waals surface area contributed by atoms with Crippen LogP contribution in [0.4, 0.5) is 10.5 Å². The summed E-state index contributed by atoms with van der Waals surface area (Å²) in [6, 6.07) is 5.95. The molecule has 24 heavy (non-hydrogen) atoms. The average molecular weight is 329 g/mol. The van der Waals surface area contributed by atoms with Crippen molar-refractivity contribution in [3.8, 4) is 0 Å². The maximum Gasteiger partial charge on any atom is 0.321 e. The van der Waals surface area contributed by atoms with E-state index in [1.54, 1.807) is 7.05 Å². The lowest BCUT2D eigenvalue weighted by Gasteiger charge is -2.28. The van der Waals surface area contributed by atoms with Gasteiger partial charge in [-0.15, -0.1) is 0 Å². The van der Waals surface area contributed by atoms with Gasteiger partial charge in [-0.3, -0.25) is 4.79 Å². The monoisotopic (exact) mass is 329 g/mol. The fourth-order valence-corrected chi connectivity index (χ4v) is 4.31. The average Bonchev–Trinajstić information content (AvgIpc) is 3.18. The highest BCUT2D eigenvalue weighted by atomic mass is 16.2. The summed E-state index contributed by atoms with van der Waals surface area (Å²) in [6.07, 6.45) is 4.39. The zero-order valence-corrected chi connectivity index (χ0v) is 14.8. The molecular weight excluding hydrogens is 302 g/mol. The van der Waals surface area contributed by atoms with Gasteiger partial charge in [0.05, 0.1) is 5.92 Å². The van der Waals surface area contributed by atoms with Gasteiger partial charge >= 0.3 is 6.03 Å². The van der Waals surface area contributed by atoms with Crippen LogP contribution >= 0.6 is 0 Å². The molecule has 2 aliphatic rings. The Morgan fingerprint density at radius 3 is 2.58 bits per heavy atom. The van der Waals surface area contributed by atoms with E-state index in [9.17, 15) is 9.59 Å². The first kappa shape index (κ1) is 16.8. The molecule has 130 valence electrons. The lowest BCUT2D eigenvalue weighted by molar-refractivity contribution is -0.127. The minimum atomic E-state index is -0.0959. The smallest absolute Gasteiger partial charge is 0.321 e. The van der Waals surface area contributed by atoms with Crippen molar-refractivity contribution in [3.05, 3.63) is 29.3 Å². The fourth-order valence-electron chi connectivity index (χ4n) is 4.31. The number of carbonyl (C=O) groups is 2. The number of amides is 3. The van der Waals surface area contributed by atoms with E-state index in [1.165, 1.54) is 0 Å². The zero-order chi connectivity index (χ0) is 17.3. The third-order valence-electron chi connectivity index (χ3n) is 5.73. The summed E-state index contributed by atoms with van der Waals surface area (Å²) in [7, 11) is 1.68. The maximum atomic E-state index is 12.8. The number of hydrogen-bond acceptors (Lipinski definition) is 2. The number of nitrogens with zero attached hydrogens (tertiary/aromatic N) is 1. The molecule has 3 amide bonds. The lowest BCUT2D eigenvalue weighted by atomic mass is 9.76. The van der Waals surface area contributed by atoms with Crippen molar-refractivity contribution < 1.29 is 9.59 Å². The standard InChI is InChI=1S/C19H27N3O2/c1-13-6-7-14(2)16(10-13)21-18(24)22-11-15(17(23)20-3)19(12-22)8-4-5-9-19/h6-7,10,15H,4-5,8-9,11-12H2,1-3H3,(H,20,23)(H,21,24)/t15-/m1/s1. The molecule has 5 nitrogen and oxygen atoms in total. The van der Waals surface area contributed by atoms with Crippen LogP contribution in [0.5, 0.6) is 0 Å². The van der Waals surface area contributed by atoms with Gasteiger partial charge in [0.2, 0.25) is 5.91 Å². The largest absolute Gasteiger partial charge is 0.359 e. The summed E-state index contributed by atoms with van der Waals surface area (Å²) in [5.74, 6) is -0.0201. The van der Waals surface area contributed by atoms with Crippen LogP contribution in [0.1, 0.15) is 36.8 Å². The van der Waals surface area contributed by atoms with Gasteiger partial charge in [-0.2, -0.15) is 0 Å². The van der Waals surface area contributed by atoms with Crippen LogP contribution in [0.25, 0.3) is 0 Å². The van der Waals surface area contributed by atoms with Gasteiger partial charge in [0.25, 0.3) is 0 Å². The highest BCUT2D eigenvalue weighted by Crippen LogP contribution is 2.49. The van der Waals surface area contributed by atoms with Crippen LogP contribution in [0.3, 0.4) is 0 Å². The maximum absolute atomic E-state index is 12.8. The summed E-state index contributed by atoms with van der Waals surface area (Å²) in [6.45, 7) is 5.20. The van der Waals surface area contributed by atoms with E-state index < -0.39 is 0 Å². The predicted octanol–water partition coefficient (Wildman–Crippen LogP) is 3.07. The summed E-state index contributed by atoms with van der Waals surface area (Å²) in [5, 5.41) is 5.82. The number of aryl methyl sites for hydroxylation is 2. The predicted molar refractivity (Wildman–Crippen MR) is 95.0 cm³/mol. The molecule has 0 bridgehead atoms. The van der Waals surface area contributed by atoms with Crippen molar-refractivity contribution in [3.63, 3.8) is 0 Å². The zero-order valence-electron chi connectivity index (χ0n) is 14.8. The van der Waals surface area contributed by atoms with Crippen molar-refractivity contribution in [1.29, 1.82) is 0 Å². The molecule has 1 aromatic carbocycles. The summed E-state index contributed by atoms with van der Waals surface area (Å²) >= 11 is 0. The number of anilines is 1. The van der Waals surface area contributed by atoms with E-state index in [-0.39, 0.29) is 23.3 Å². The number of benzene rings is 1. The Balaban J connectivity index is 1.76. The Kier molecular flexibility index (Phi) is 4.52. The quantitative estimate of drug-likeness (QED) is 0.876. The van der Waals surface area contributed by atoms with E-state index in [4.69, 9.17) is 0 Å². The van der Waals surface area contributed by atoms with E-state index in [1.807, 2.05) is 36.9 Å². The van der Waals surface area contributed by atoms with Gasteiger partial charge in [0.1, 0.15) is 0 Å². The highest BCUT2D eigenvalue weighted by molar-refractivity contribution is 5.91. The molecule has 1 aliphatic heterocycles. The van der Waals surface area contributed by atoms with Crippen LogP contribution in [0.2, 0.25) is 0 Å². The first-order valence-corrected chi connectivity index (χ1v) is 8.80. The van der Waals surface area contributed by atoms with Crippen molar-refractivity contribution >= 4 is 17.6 Å². The molecule has 0 radical (unpaired) electrons. The molecule has 1 spiro atoms. The molecule has 1 aromatic rings. The molecule has 1 saturated carbocycles. The third kappa shape index (κ3) is 2.99. The SMILES string of the molecule is CNC(=O)[C@H]1CN(C(=O)Nc2cc(C)ccc2C)CC12CCCC2. The minimum Gasteiger partial charge on any atom is -0.359 e. The molecule has 2 N–H and O–H groups in total. The van der Waals surface area contributed by atoms with Gasteiger partial charge in [-0.1, -0.05) is 25.0 Å². The van der Waals surface area contributed by atoms with Crippen LogP contribution in [0.15, 0.2) is 18.2 Å². The number of rotatable bonds is 2. The van der Waals surface area contributed by atoms with Gasteiger partial charge < -0.3 is 15.5 Å². The van der Waals surface area contributed by atoms with E-state index >= 15 is 0 Å². The number of carbonyl (C=O) groups excluding carboxylic acids is 2. The Morgan fingerprint density at radius 1 is 1.21 bits per heavy atom. The summed E-state index contributed by atoms with van der Waals surface area (Å²) < 4.78 is 0. The summed E-state index contributed by atoms with van der Waals surface area (Å²) in [4.78, 5) is 26.9. The molecule has 1 heterocycles. The molecule has 1 aliphatic carbocycles. The van der Waals surface area contributed by atoms with Crippen LogP contribution in [-0.4, -0.2) is 37.0 Å². The van der Waals surface area contributed by atoms with Gasteiger partial charge in [-0.05, 0) is 43.9 Å². The van der Waals surface area contributed by atoms with Crippen molar-refractivity contribution in [2.45, 2.75) is 39.5 Å². The third-order valence-corrected chi connectivity index (χ3v) is 5.73. The van der Waals surface area contributed by atoms with E-state index in [0.29, 0.717) is 13.1 Å². The Bertz CT molecular complexity index is 650. The number of nitrogens with one attached hydrogen (secondary N) is 2. The highest BCUT2D eigenvalue weighted by Gasteiger charge is 2.52. The Hall–Kier alpha value is -2.04. The van der Waals surface area contributed by atoms with Crippen molar-refractivity contribution in [1.82, 2.24) is 10.2 Å². The van der Waals surface area contributed by atoms with E-state index in [0.717, 1.165) is 42.5 Å². The Labute approximate surface area is 143 Å². The molecular formula is C19H27N3O2. The van der Waals surface area contributed by atoms with Crippen molar-refractivity contribution in [2.24, 2.45) is 11.3 Å². The number of likely N-dealkylation sites (tertiary alicyclic amines) is 1. The number of urea groups is 1. The first-order chi connectivity index (χ1) is 11.4. The van der Waals surface area contributed by atoms with Gasteiger partial charge in [0.15, 0.2) is 0 Å². The molecule has 1 saturated heterocycles. The van der Waals surface area contributed by atoms with Gasteiger partial charge in [-0.25, -0.2) is 4.79 Å². The minimum absolute atomic E-state index is 0.0287. The fraction of sp³-hybridized carbons (Fsp3) is 0.579. The molecule has 1 atom stereocenters. The Morgan fingerprint density at radius 2 is 1.92 bits per heavy atom. The van der Waals surface area contributed by atoms with Crippen LogP contribution < -0.4 is 10.6 Å². The normalized spacial score (nSPS) is 22.0. The molecule has 0 unspecified atom stereocenters. The summed E-state index contributed by atoms with van der Waals surface area (Å²) in [5.41, 5.74) is 2.99. The molecule has 5 heteroatoms. The number of hydrogen-bond donors (Lipinski definition) is 2. The lowest BCUT2D eigenvalue weighted by Crippen LogP contribution is -2.38. The topological polar surface area (TPSA) is 61.4 Å².